The Kier molecular flexibility index (Phi) is 4.92. The Morgan fingerprint density at radius 1 is 1.45 bits per heavy atom. The SMILES string of the molecule is Cc1cn(CC(=O)N(Cc2nccs2)C(C)C)c(=O)[nH]c1=O. The molecule has 118 valence electrons. The molecule has 0 aliphatic heterocycles. The average Bonchev–Trinajstić information content (AvgIpc) is 2.94. The molecule has 0 bridgehead atoms. The lowest BCUT2D eigenvalue weighted by molar-refractivity contribution is -0.134. The standard InChI is InChI=1S/C14H18N4O3S/c1-9(2)18(7-11-15-4-5-22-11)12(19)8-17-6-10(3)13(20)16-14(17)21/h4-6,9H,7-8H2,1-3H3,(H,16,20,21). The number of hydrogen-bond acceptors (Lipinski definition) is 5. The molecule has 0 atom stereocenters. The van der Waals surface area contributed by atoms with E-state index < -0.39 is 11.2 Å². The smallest absolute Gasteiger partial charge is 0.328 e. The summed E-state index contributed by atoms with van der Waals surface area (Å²) in [5.74, 6) is -0.196. The molecular weight excluding hydrogens is 304 g/mol. The second-order valence-corrected chi connectivity index (χ2v) is 6.22. The van der Waals surface area contributed by atoms with Crippen molar-refractivity contribution >= 4 is 17.2 Å². The van der Waals surface area contributed by atoms with E-state index >= 15 is 0 Å². The van der Waals surface area contributed by atoms with Crippen molar-refractivity contribution < 1.29 is 4.79 Å². The number of aromatic nitrogens is 3. The van der Waals surface area contributed by atoms with Gasteiger partial charge in [0.05, 0.1) is 6.54 Å². The van der Waals surface area contributed by atoms with Crippen LogP contribution in [0, 0.1) is 6.92 Å². The topological polar surface area (TPSA) is 88.1 Å². The molecule has 0 aliphatic carbocycles. The van der Waals surface area contributed by atoms with Crippen molar-refractivity contribution in [1.82, 2.24) is 19.4 Å². The van der Waals surface area contributed by atoms with Crippen molar-refractivity contribution in [2.45, 2.75) is 39.9 Å². The second-order valence-electron chi connectivity index (χ2n) is 5.24. The molecular formula is C14H18N4O3S. The molecule has 22 heavy (non-hydrogen) atoms. The minimum Gasteiger partial charge on any atom is -0.332 e. The second kappa shape index (κ2) is 6.69. The molecule has 0 aromatic carbocycles. The molecule has 7 nitrogen and oxygen atoms in total. The van der Waals surface area contributed by atoms with Crippen molar-refractivity contribution in [1.29, 1.82) is 0 Å². The molecule has 0 saturated heterocycles. The van der Waals surface area contributed by atoms with Crippen LogP contribution in [0.15, 0.2) is 27.4 Å². The Bertz CT molecular complexity index is 761. The fourth-order valence-corrected chi connectivity index (χ4v) is 2.62. The maximum absolute atomic E-state index is 12.5. The normalized spacial score (nSPS) is 10.9. The summed E-state index contributed by atoms with van der Waals surface area (Å²) in [7, 11) is 0. The van der Waals surface area contributed by atoms with E-state index in [9.17, 15) is 14.4 Å². The minimum absolute atomic E-state index is 0.0176. The van der Waals surface area contributed by atoms with E-state index in [1.807, 2.05) is 19.2 Å². The summed E-state index contributed by atoms with van der Waals surface area (Å²) in [6.45, 7) is 5.71. The van der Waals surface area contributed by atoms with Crippen molar-refractivity contribution in [2.24, 2.45) is 0 Å². The summed E-state index contributed by atoms with van der Waals surface area (Å²) < 4.78 is 1.22. The van der Waals surface area contributed by atoms with Gasteiger partial charge in [-0.1, -0.05) is 0 Å². The number of thiazole rings is 1. The molecule has 2 rings (SSSR count). The van der Waals surface area contributed by atoms with Gasteiger partial charge in [-0.25, -0.2) is 9.78 Å². The Morgan fingerprint density at radius 3 is 2.77 bits per heavy atom. The van der Waals surface area contributed by atoms with Gasteiger partial charge >= 0.3 is 5.69 Å². The summed E-state index contributed by atoms with van der Waals surface area (Å²) in [6.07, 6.45) is 3.10. The molecule has 1 N–H and O–H groups in total. The predicted octanol–water partition coefficient (Wildman–Crippen LogP) is 0.739. The summed E-state index contributed by atoms with van der Waals surface area (Å²) >= 11 is 1.48. The number of aromatic amines is 1. The lowest BCUT2D eigenvalue weighted by atomic mass is 10.3. The summed E-state index contributed by atoms with van der Waals surface area (Å²) in [6, 6.07) is -0.0176. The van der Waals surface area contributed by atoms with Crippen molar-refractivity contribution in [3.63, 3.8) is 0 Å². The van der Waals surface area contributed by atoms with Gasteiger partial charge in [-0.05, 0) is 20.8 Å². The van der Waals surface area contributed by atoms with Gasteiger partial charge in [0, 0.05) is 29.4 Å². The maximum atomic E-state index is 12.5. The maximum Gasteiger partial charge on any atom is 0.328 e. The largest absolute Gasteiger partial charge is 0.332 e. The fourth-order valence-electron chi connectivity index (χ4n) is 2.01. The Morgan fingerprint density at radius 2 is 2.18 bits per heavy atom. The van der Waals surface area contributed by atoms with Gasteiger partial charge in [-0.3, -0.25) is 19.1 Å². The van der Waals surface area contributed by atoms with Crippen LogP contribution in [0.4, 0.5) is 0 Å². The number of rotatable bonds is 5. The van der Waals surface area contributed by atoms with Crippen LogP contribution in [0.25, 0.3) is 0 Å². The van der Waals surface area contributed by atoms with Crippen molar-refractivity contribution in [3.8, 4) is 0 Å². The van der Waals surface area contributed by atoms with E-state index in [2.05, 4.69) is 9.97 Å². The van der Waals surface area contributed by atoms with Crippen LogP contribution >= 0.6 is 11.3 Å². The highest BCUT2D eigenvalue weighted by molar-refractivity contribution is 7.09. The first-order valence-corrected chi connectivity index (χ1v) is 7.74. The first-order valence-electron chi connectivity index (χ1n) is 6.86. The zero-order valence-corrected chi connectivity index (χ0v) is 13.5. The number of carbonyl (C=O) groups is 1. The van der Waals surface area contributed by atoms with Crippen molar-refractivity contribution in [3.05, 3.63) is 49.2 Å². The van der Waals surface area contributed by atoms with Gasteiger partial charge in [0.25, 0.3) is 5.56 Å². The van der Waals surface area contributed by atoms with Gasteiger partial charge < -0.3 is 4.90 Å². The third-order valence-corrected chi connectivity index (χ3v) is 3.99. The third-order valence-electron chi connectivity index (χ3n) is 3.23. The Hall–Kier alpha value is -2.22. The van der Waals surface area contributed by atoms with E-state index in [0.29, 0.717) is 12.1 Å². The number of H-pyrrole nitrogens is 1. The molecule has 0 unspecified atom stereocenters. The van der Waals surface area contributed by atoms with Gasteiger partial charge in [0.1, 0.15) is 11.6 Å². The van der Waals surface area contributed by atoms with E-state index in [0.717, 1.165) is 5.01 Å². The number of nitrogens with one attached hydrogen (secondary N) is 1. The molecule has 0 fully saturated rings. The summed E-state index contributed by atoms with van der Waals surface area (Å²) in [4.78, 5) is 43.6. The number of carbonyl (C=O) groups excluding carboxylic acids is 1. The average molecular weight is 322 g/mol. The molecule has 0 aliphatic rings. The summed E-state index contributed by atoms with van der Waals surface area (Å²) in [5, 5.41) is 2.70. The number of amides is 1. The van der Waals surface area contributed by atoms with E-state index in [1.165, 1.54) is 22.1 Å². The fraction of sp³-hybridized carbons (Fsp3) is 0.429. The van der Waals surface area contributed by atoms with Crippen LogP contribution < -0.4 is 11.2 Å². The minimum atomic E-state index is -0.582. The highest BCUT2D eigenvalue weighted by atomic mass is 32.1. The molecule has 0 saturated carbocycles. The highest BCUT2D eigenvalue weighted by Crippen LogP contribution is 2.11. The van der Waals surface area contributed by atoms with Crippen LogP contribution in [0.3, 0.4) is 0 Å². The zero-order chi connectivity index (χ0) is 16.3. The molecule has 2 aromatic heterocycles. The molecule has 1 amide bonds. The van der Waals surface area contributed by atoms with Crippen LogP contribution in [0.2, 0.25) is 0 Å². The first-order chi connectivity index (χ1) is 10.4. The Labute approximate surface area is 131 Å². The highest BCUT2D eigenvalue weighted by Gasteiger charge is 2.19. The van der Waals surface area contributed by atoms with Crippen LogP contribution in [0.1, 0.15) is 24.4 Å². The Balaban J connectivity index is 2.20. The van der Waals surface area contributed by atoms with Gasteiger partial charge in [-0.2, -0.15) is 0 Å². The van der Waals surface area contributed by atoms with Crippen molar-refractivity contribution in [2.75, 3.05) is 0 Å². The molecule has 0 spiro atoms. The summed E-state index contributed by atoms with van der Waals surface area (Å²) in [5.41, 5.74) is -0.623. The van der Waals surface area contributed by atoms with Crippen LogP contribution in [0.5, 0.6) is 0 Å². The number of aryl methyl sites for hydroxylation is 1. The van der Waals surface area contributed by atoms with Gasteiger partial charge in [0.15, 0.2) is 0 Å². The molecule has 8 heteroatoms. The van der Waals surface area contributed by atoms with E-state index in [1.54, 1.807) is 18.0 Å². The zero-order valence-electron chi connectivity index (χ0n) is 12.7. The molecule has 2 heterocycles. The van der Waals surface area contributed by atoms with Gasteiger partial charge in [-0.15, -0.1) is 11.3 Å². The van der Waals surface area contributed by atoms with E-state index in [4.69, 9.17) is 0 Å². The molecule has 0 radical (unpaired) electrons. The van der Waals surface area contributed by atoms with E-state index in [-0.39, 0.29) is 18.5 Å². The number of nitrogens with zero attached hydrogens (tertiary/aromatic N) is 3. The quantitative estimate of drug-likeness (QED) is 0.879. The predicted molar refractivity (Wildman–Crippen MR) is 83.9 cm³/mol. The van der Waals surface area contributed by atoms with Gasteiger partial charge in [0.2, 0.25) is 5.91 Å². The lowest BCUT2D eigenvalue weighted by Gasteiger charge is -2.26. The third kappa shape index (κ3) is 3.70. The monoisotopic (exact) mass is 322 g/mol. The van der Waals surface area contributed by atoms with Crippen LogP contribution in [-0.4, -0.2) is 31.4 Å². The molecule has 2 aromatic rings. The number of hydrogen-bond donors (Lipinski definition) is 1. The first kappa shape index (κ1) is 16.2. The lowest BCUT2D eigenvalue weighted by Crippen LogP contribution is -2.41. The van der Waals surface area contributed by atoms with Crippen LogP contribution in [-0.2, 0) is 17.9 Å².